The largest absolute Gasteiger partial charge is 0.412 e. The molecule has 9 nitrogen and oxygen atoms in total. The molecule has 0 aliphatic carbocycles. The van der Waals surface area contributed by atoms with E-state index < -0.39 is 10.2 Å². The Kier molecular flexibility index (Phi) is 36.1. The van der Waals surface area contributed by atoms with E-state index in [1.165, 1.54) is 0 Å². The van der Waals surface area contributed by atoms with Crippen LogP contribution in [0.15, 0.2) is 0 Å². The maximum atomic E-state index is 8.36. The fourth-order valence-corrected chi connectivity index (χ4v) is 0. The second-order valence-corrected chi connectivity index (χ2v) is 0.476. The molecule has 0 aliphatic rings. The van der Waals surface area contributed by atoms with Crippen LogP contribution in [0.1, 0.15) is 0 Å². The van der Waals surface area contributed by atoms with Gasteiger partial charge in [0.15, 0.2) is 0 Å². The van der Waals surface area contributed by atoms with Crippen molar-refractivity contribution >= 4 is 0 Å². The van der Waals surface area contributed by atoms with Crippen molar-refractivity contribution in [3.63, 3.8) is 0 Å². The van der Waals surface area contributed by atoms with E-state index in [9.17, 15) is 0 Å². The summed E-state index contributed by atoms with van der Waals surface area (Å²) in [7, 11) is 0. The summed E-state index contributed by atoms with van der Waals surface area (Å²) in [5, 5.41) is 27.3. The van der Waals surface area contributed by atoms with Gasteiger partial charge in [0.1, 0.15) is 0 Å². The Morgan fingerprint density at radius 1 is 1.00 bits per heavy atom. The molecular weight excluding hydrogens is 246 g/mol. The minimum absolute atomic E-state index is 0. The number of rotatable bonds is 0. The summed E-state index contributed by atoms with van der Waals surface area (Å²) in [4.78, 5) is 16.7. The van der Waals surface area contributed by atoms with Crippen molar-refractivity contribution in [2.75, 3.05) is 0 Å². The number of nitrogens with zero attached hydrogens (tertiary/aromatic N) is 2. The molecule has 4 N–H and O–H groups in total. The molecule has 0 atom stereocenters. The third-order valence-electron chi connectivity index (χ3n) is 0. The average molecular weight is 250 g/mol. The van der Waals surface area contributed by atoms with Gasteiger partial charge in [0.05, 0.1) is 0 Å². The Balaban J connectivity index is -0.0000000300. The first-order valence-electron chi connectivity index (χ1n) is 1.13. The van der Waals surface area contributed by atoms with Crippen LogP contribution in [0.25, 0.3) is 0 Å². The van der Waals surface area contributed by atoms with E-state index in [0.717, 1.165) is 0 Å². The van der Waals surface area contributed by atoms with Crippen LogP contribution < -0.4 is 0 Å². The minimum Gasteiger partial charge on any atom is -0.412 e. The van der Waals surface area contributed by atoms with E-state index in [4.69, 9.17) is 30.6 Å². The zero-order chi connectivity index (χ0) is 7.15. The first-order valence-corrected chi connectivity index (χ1v) is 1.13. The quantitative estimate of drug-likeness (QED) is 0.301. The van der Waals surface area contributed by atoms with Crippen molar-refractivity contribution in [3.8, 4) is 0 Å². The molecule has 66 valence electrons. The fraction of sp³-hybridized carbons (Fsp3) is 0. The summed E-state index contributed by atoms with van der Waals surface area (Å²) >= 11 is 0. The average Bonchev–Trinajstić information content (AvgIpc) is 1.25. The standard InChI is InChI=1S/2HNO3.H2O.Pd/c2*2-1(3)4;;/h2*(H,2,3,4);1H2;. The molecule has 0 heterocycles. The van der Waals surface area contributed by atoms with Crippen LogP contribution in [0.5, 0.6) is 0 Å². The normalized spacial score (nSPS) is 4.80. The molecule has 0 saturated heterocycles. The SMILES string of the molecule is O.O=[N+]([O-])O.O=[N+]([O-])O.[Pd]. The van der Waals surface area contributed by atoms with Crippen molar-refractivity contribution in [2.24, 2.45) is 0 Å². The van der Waals surface area contributed by atoms with Crippen molar-refractivity contribution in [2.45, 2.75) is 0 Å². The van der Waals surface area contributed by atoms with Gasteiger partial charge < -0.3 is 15.9 Å². The Morgan fingerprint density at radius 3 is 1.00 bits per heavy atom. The van der Waals surface area contributed by atoms with Crippen LogP contribution in [-0.2, 0) is 20.4 Å². The van der Waals surface area contributed by atoms with E-state index in [1.54, 1.807) is 0 Å². The van der Waals surface area contributed by atoms with Gasteiger partial charge in [0, 0.05) is 20.4 Å². The first-order chi connectivity index (χ1) is 3.46. The summed E-state index contributed by atoms with van der Waals surface area (Å²) in [5.74, 6) is 0. The first kappa shape index (κ1) is 23.0. The van der Waals surface area contributed by atoms with E-state index in [2.05, 4.69) is 0 Å². The molecule has 0 unspecified atom stereocenters. The van der Waals surface area contributed by atoms with Crippen molar-refractivity contribution in [3.05, 3.63) is 20.2 Å². The molecule has 0 rings (SSSR count). The molecule has 0 radical (unpaired) electrons. The third-order valence-corrected chi connectivity index (χ3v) is 0. The van der Waals surface area contributed by atoms with Crippen LogP contribution in [0, 0.1) is 20.2 Å². The van der Waals surface area contributed by atoms with E-state index >= 15 is 0 Å². The molecule has 0 aromatic carbocycles. The number of hydrogen-bond acceptors (Lipinski definition) is 4. The van der Waals surface area contributed by atoms with Gasteiger partial charge in [-0.1, -0.05) is 0 Å². The number of hydrogen-bond donors (Lipinski definition) is 2. The molecular formula is H4N2O7Pd. The fourth-order valence-electron chi connectivity index (χ4n) is 0. The van der Waals surface area contributed by atoms with Gasteiger partial charge in [-0.3, -0.25) is 0 Å². The monoisotopic (exact) mass is 250 g/mol. The van der Waals surface area contributed by atoms with E-state index in [0.29, 0.717) is 0 Å². The zero-order valence-corrected chi connectivity index (χ0v) is 5.79. The third kappa shape index (κ3) is 266. The summed E-state index contributed by atoms with van der Waals surface area (Å²) in [5.41, 5.74) is 0. The Hall–Kier alpha value is -0.978. The maximum absolute atomic E-state index is 8.36. The topological polar surface area (TPSA) is 158 Å². The van der Waals surface area contributed by atoms with Crippen LogP contribution in [0.4, 0.5) is 0 Å². The zero-order valence-electron chi connectivity index (χ0n) is 4.24. The minimum atomic E-state index is -1.50. The molecule has 0 fully saturated rings. The predicted molar refractivity (Wildman–Crippen MR) is 21.2 cm³/mol. The van der Waals surface area contributed by atoms with Crippen molar-refractivity contribution in [1.82, 2.24) is 0 Å². The molecule has 0 amide bonds. The van der Waals surface area contributed by atoms with E-state index in [1.807, 2.05) is 0 Å². The molecule has 0 spiro atoms. The second-order valence-electron chi connectivity index (χ2n) is 0.476. The van der Waals surface area contributed by atoms with Gasteiger partial charge in [-0.15, -0.1) is 20.2 Å². The predicted octanol–water partition coefficient (Wildman–Crippen LogP) is -1.52. The summed E-state index contributed by atoms with van der Waals surface area (Å²) in [6, 6.07) is 0. The van der Waals surface area contributed by atoms with Crippen LogP contribution in [0.3, 0.4) is 0 Å². The Bertz CT molecular complexity index is 69.6. The van der Waals surface area contributed by atoms with Gasteiger partial charge in [0.25, 0.3) is 10.2 Å². The molecule has 0 aromatic rings. The molecule has 0 aliphatic heterocycles. The smallest absolute Gasteiger partial charge is 0.291 e. The second kappa shape index (κ2) is 15.7. The molecule has 10 heteroatoms. The van der Waals surface area contributed by atoms with Gasteiger partial charge in [-0.2, -0.15) is 0 Å². The Labute approximate surface area is 67.4 Å². The van der Waals surface area contributed by atoms with Gasteiger partial charge in [-0.25, -0.2) is 0 Å². The summed E-state index contributed by atoms with van der Waals surface area (Å²) in [6.45, 7) is 0. The van der Waals surface area contributed by atoms with Gasteiger partial charge in [-0.05, 0) is 0 Å². The molecule has 0 bridgehead atoms. The summed E-state index contributed by atoms with van der Waals surface area (Å²) in [6.07, 6.45) is 0. The van der Waals surface area contributed by atoms with Crippen LogP contribution in [0.2, 0.25) is 0 Å². The van der Waals surface area contributed by atoms with E-state index in [-0.39, 0.29) is 25.9 Å². The molecule has 10 heavy (non-hydrogen) atoms. The van der Waals surface area contributed by atoms with Crippen LogP contribution in [-0.4, -0.2) is 26.1 Å². The molecule has 0 aromatic heterocycles. The maximum Gasteiger partial charge on any atom is 0.291 e. The molecule has 0 saturated carbocycles. The van der Waals surface area contributed by atoms with Crippen molar-refractivity contribution in [1.29, 1.82) is 0 Å². The van der Waals surface area contributed by atoms with Crippen LogP contribution >= 0.6 is 0 Å². The van der Waals surface area contributed by atoms with Gasteiger partial charge >= 0.3 is 0 Å². The Morgan fingerprint density at radius 2 is 1.00 bits per heavy atom. The summed E-state index contributed by atoms with van der Waals surface area (Å²) < 4.78 is 0. The van der Waals surface area contributed by atoms with Gasteiger partial charge in [0.2, 0.25) is 0 Å². The van der Waals surface area contributed by atoms with Crippen molar-refractivity contribution < 1.29 is 46.5 Å².